The topological polar surface area (TPSA) is 61.8 Å². The number of unbranched alkanes of at least 4 members (excludes halogenated alkanes) is 31. The Hall–Kier alpha value is -1.62. The van der Waals surface area contributed by atoms with E-state index in [1.807, 2.05) is 0 Å². The van der Waals surface area contributed by atoms with Gasteiger partial charge < -0.3 is 14.2 Å². The molecule has 5 nitrogen and oxygen atoms in total. The van der Waals surface area contributed by atoms with E-state index in [9.17, 15) is 9.59 Å². The fraction of sp³-hybridized carbons (Fsp3) is 0.882. The van der Waals surface area contributed by atoms with Crippen LogP contribution in [0.15, 0.2) is 24.3 Å². The van der Waals surface area contributed by atoms with Gasteiger partial charge in [-0.3, -0.25) is 9.59 Å². The van der Waals surface area contributed by atoms with Gasteiger partial charge in [-0.2, -0.15) is 0 Å². The maximum atomic E-state index is 12.6. The van der Waals surface area contributed by atoms with Crippen molar-refractivity contribution in [1.29, 1.82) is 0 Å². The van der Waals surface area contributed by atoms with Crippen LogP contribution in [0.5, 0.6) is 0 Å². The molecule has 0 N–H and O–H groups in total. The molecule has 0 aromatic carbocycles. The van der Waals surface area contributed by atoms with Gasteiger partial charge in [0.2, 0.25) is 0 Å². The summed E-state index contributed by atoms with van der Waals surface area (Å²) in [5.74, 6) is -0.405. The van der Waals surface area contributed by atoms with Gasteiger partial charge >= 0.3 is 11.9 Å². The third-order valence-corrected chi connectivity index (χ3v) is 11.0. The van der Waals surface area contributed by atoms with E-state index in [2.05, 4.69) is 45.1 Å². The summed E-state index contributed by atoms with van der Waals surface area (Å²) in [6.45, 7) is 7.80. The van der Waals surface area contributed by atoms with Gasteiger partial charge in [-0.05, 0) is 51.4 Å². The molecule has 0 bridgehead atoms. The van der Waals surface area contributed by atoms with Crippen molar-refractivity contribution in [3.05, 3.63) is 24.3 Å². The van der Waals surface area contributed by atoms with E-state index in [1.54, 1.807) is 0 Å². The van der Waals surface area contributed by atoms with Crippen LogP contribution in [0.3, 0.4) is 0 Å². The maximum absolute atomic E-state index is 12.6. The smallest absolute Gasteiger partial charge is 0.306 e. The van der Waals surface area contributed by atoms with Crippen LogP contribution in [-0.2, 0) is 23.8 Å². The Morgan fingerprint density at radius 3 is 1.21 bits per heavy atom. The molecule has 0 aromatic heterocycles. The van der Waals surface area contributed by atoms with E-state index in [0.717, 1.165) is 51.4 Å². The van der Waals surface area contributed by atoms with Gasteiger partial charge in [0.25, 0.3) is 0 Å². The van der Waals surface area contributed by atoms with Crippen molar-refractivity contribution in [2.24, 2.45) is 0 Å². The minimum absolute atomic E-state index is 0.0843. The van der Waals surface area contributed by atoms with Crippen LogP contribution < -0.4 is 0 Å². The van der Waals surface area contributed by atoms with Crippen molar-refractivity contribution >= 4 is 11.9 Å². The molecule has 0 saturated carbocycles. The second-order valence-corrected chi connectivity index (χ2v) is 16.7. The van der Waals surface area contributed by atoms with E-state index >= 15 is 0 Å². The highest BCUT2D eigenvalue weighted by Crippen LogP contribution is 2.15. The Bertz CT molecular complexity index is 851. The van der Waals surface area contributed by atoms with Gasteiger partial charge in [-0.25, -0.2) is 0 Å². The lowest BCUT2D eigenvalue weighted by molar-refractivity contribution is -0.163. The Morgan fingerprint density at radius 1 is 0.393 bits per heavy atom. The zero-order chi connectivity index (χ0) is 40.7. The first-order valence-electron chi connectivity index (χ1n) is 24.9. The first-order valence-corrected chi connectivity index (χ1v) is 24.9. The summed E-state index contributed by atoms with van der Waals surface area (Å²) in [6, 6.07) is 0. The maximum Gasteiger partial charge on any atom is 0.306 e. The summed E-state index contributed by atoms with van der Waals surface area (Å²) in [7, 11) is 0. The number of allylic oxidation sites excluding steroid dienone is 4. The van der Waals surface area contributed by atoms with Crippen LogP contribution in [0, 0.1) is 0 Å². The lowest BCUT2D eigenvalue weighted by Gasteiger charge is -2.18. The number of esters is 2. The Labute approximate surface area is 349 Å². The molecule has 0 radical (unpaired) electrons. The predicted molar refractivity (Wildman–Crippen MR) is 242 cm³/mol. The number of carbonyl (C=O) groups is 2. The van der Waals surface area contributed by atoms with Gasteiger partial charge in [-0.15, -0.1) is 0 Å². The summed E-state index contributed by atoms with van der Waals surface area (Å²) < 4.78 is 17.3. The standard InChI is InChI=1S/C51H96O5/c1-4-7-10-13-16-18-20-22-24-25-26-28-30-32-34-37-40-43-46-54-47-49(56-51(53)45-42-39-35-15-12-9-6-3)48-55-50(52)44-41-38-36-33-31-29-27-23-21-19-17-14-11-8-5-2/h17,19,23,27,49H,4-16,18,20-22,24-26,28-48H2,1-3H3/b19-17-,27-23-. The number of hydrogen-bond donors (Lipinski definition) is 0. The second kappa shape index (κ2) is 47.8. The zero-order valence-electron chi connectivity index (χ0n) is 37.9. The SMILES string of the molecule is CCCCC/C=C\C/C=C\CCCCCCCC(=O)OCC(COCCCCCCCCCCCCCCCCCCCC)OC(=O)CCCCCCCCC. The molecule has 0 amide bonds. The molecule has 0 aliphatic rings. The monoisotopic (exact) mass is 789 g/mol. The van der Waals surface area contributed by atoms with E-state index in [0.29, 0.717) is 26.1 Å². The molecule has 330 valence electrons. The van der Waals surface area contributed by atoms with Gasteiger partial charge in [-0.1, -0.05) is 225 Å². The molecule has 0 saturated heterocycles. The molecule has 0 aliphatic carbocycles. The van der Waals surface area contributed by atoms with Crippen LogP contribution in [0.25, 0.3) is 0 Å². The Morgan fingerprint density at radius 2 is 0.750 bits per heavy atom. The first kappa shape index (κ1) is 54.4. The largest absolute Gasteiger partial charge is 0.462 e. The van der Waals surface area contributed by atoms with Crippen molar-refractivity contribution in [2.75, 3.05) is 19.8 Å². The summed E-state index contributed by atoms with van der Waals surface area (Å²) >= 11 is 0. The molecule has 0 heterocycles. The minimum atomic E-state index is -0.531. The van der Waals surface area contributed by atoms with Gasteiger partial charge in [0, 0.05) is 19.4 Å². The Balaban J connectivity index is 4.09. The third-order valence-electron chi connectivity index (χ3n) is 11.0. The molecule has 1 unspecified atom stereocenters. The average Bonchev–Trinajstić information content (AvgIpc) is 3.20. The highest BCUT2D eigenvalue weighted by Gasteiger charge is 2.17. The quantitative estimate of drug-likeness (QED) is 0.0349. The zero-order valence-corrected chi connectivity index (χ0v) is 37.9. The Kier molecular flexibility index (Phi) is 46.4. The van der Waals surface area contributed by atoms with Gasteiger partial charge in [0.05, 0.1) is 6.61 Å². The van der Waals surface area contributed by atoms with Crippen molar-refractivity contribution in [3.63, 3.8) is 0 Å². The van der Waals surface area contributed by atoms with Crippen molar-refractivity contribution in [3.8, 4) is 0 Å². The summed E-state index contributed by atoms with van der Waals surface area (Å²) in [6.07, 6.45) is 54.8. The number of rotatable bonds is 46. The van der Waals surface area contributed by atoms with E-state index in [4.69, 9.17) is 14.2 Å². The van der Waals surface area contributed by atoms with E-state index in [-0.39, 0.29) is 18.5 Å². The van der Waals surface area contributed by atoms with Gasteiger partial charge in [0.15, 0.2) is 6.10 Å². The average molecular weight is 789 g/mol. The lowest BCUT2D eigenvalue weighted by Crippen LogP contribution is -2.30. The van der Waals surface area contributed by atoms with Gasteiger partial charge in [0.1, 0.15) is 6.61 Å². The molecule has 0 spiro atoms. The lowest BCUT2D eigenvalue weighted by atomic mass is 10.0. The van der Waals surface area contributed by atoms with Crippen molar-refractivity contribution in [1.82, 2.24) is 0 Å². The molecule has 5 heteroatoms. The van der Waals surface area contributed by atoms with Crippen LogP contribution in [-0.4, -0.2) is 37.9 Å². The molecule has 0 fully saturated rings. The summed E-state index contributed by atoms with van der Waals surface area (Å²) in [5.41, 5.74) is 0. The van der Waals surface area contributed by atoms with Crippen LogP contribution in [0.2, 0.25) is 0 Å². The number of ether oxygens (including phenoxy) is 3. The normalized spacial score (nSPS) is 12.3. The molecule has 0 rings (SSSR count). The molecule has 0 aliphatic heterocycles. The predicted octanol–water partition coefficient (Wildman–Crippen LogP) is 16.5. The molecular weight excluding hydrogens is 693 g/mol. The molecule has 0 aromatic rings. The van der Waals surface area contributed by atoms with Crippen LogP contribution in [0.4, 0.5) is 0 Å². The van der Waals surface area contributed by atoms with Crippen molar-refractivity contribution in [2.45, 2.75) is 271 Å². The minimum Gasteiger partial charge on any atom is -0.462 e. The number of hydrogen-bond acceptors (Lipinski definition) is 5. The fourth-order valence-electron chi connectivity index (χ4n) is 7.25. The summed E-state index contributed by atoms with van der Waals surface area (Å²) in [4.78, 5) is 25.2. The number of carbonyl (C=O) groups excluding carboxylic acids is 2. The van der Waals surface area contributed by atoms with Crippen molar-refractivity contribution < 1.29 is 23.8 Å². The van der Waals surface area contributed by atoms with Crippen LogP contribution in [0.1, 0.15) is 265 Å². The van der Waals surface area contributed by atoms with E-state index in [1.165, 1.54) is 180 Å². The van der Waals surface area contributed by atoms with E-state index < -0.39 is 6.10 Å². The first-order chi connectivity index (χ1) is 27.6. The van der Waals surface area contributed by atoms with Crippen LogP contribution >= 0.6 is 0 Å². The molecule has 1 atom stereocenters. The molecule has 56 heavy (non-hydrogen) atoms. The summed E-state index contributed by atoms with van der Waals surface area (Å²) in [5, 5.41) is 0. The highest BCUT2D eigenvalue weighted by atomic mass is 16.6. The second-order valence-electron chi connectivity index (χ2n) is 16.7. The third kappa shape index (κ3) is 45.1. The highest BCUT2D eigenvalue weighted by molar-refractivity contribution is 5.70. The fourth-order valence-corrected chi connectivity index (χ4v) is 7.25. The molecular formula is C51H96O5.